The lowest BCUT2D eigenvalue weighted by Gasteiger charge is -2.11. The van der Waals surface area contributed by atoms with E-state index in [4.69, 9.17) is 4.74 Å². The van der Waals surface area contributed by atoms with E-state index in [1.807, 2.05) is 30.3 Å². The van der Waals surface area contributed by atoms with Crippen LogP contribution >= 0.6 is 15.9 Å². The van der Waals surface area contributed by atoms with Crippen molar-refractivity contribution in [2.24, 2.45) is 0 Å². The van der Waals surface area contributed by atoms with Crippen molar-refractivity contribution in [3.8, 4) is 0 Å². The molecule has 0 N–H and O–H groups in total. The van der Waals surface area contributed by atoms with Crippen LogP contribution in [0, 0.1) is 0 Å². The minimum Gasteiger partial charge on any atom is -0.487 e. The summed E-state index contributed by atoms with van der Waals surface area (Å²) in [5.41, 5.74) is 1.05. The maximum absolute atomic E-state index is 11.2. The second kappa shape index (κ2) is 4.99. The number of nitrogens with zero attached hydrogens (tertiary/aromatic N) is 1. The van der Waals surface area contributed by atoms with E-state index in [0.717, 1.165) is 5.56 Å². The molecule has 0 aromatic heterocycles. The smallest absolute Gasteiger partial charge is 0.287 e. The maximum atomic E-state index is 11.2. The Balaban J connectivity index is 2.03. The summed E-state index contributed by atoms with van der Waals surface area (Å²) < 4.78 is 5.88. The molecule has 3 nitrogen and oxygen atoms in total. The fraction of sp³-hybridized carbons (Fsp3) is 0.0833. The first-order valence-corrected chi connectivity index (χ1v) is 5.55. The van der Waals surface area contributed by atoms with Crippen LogP contribution in [0.4, 0.5) is 0 Å². The normalized spacial score (nSPS) is 14.9. The van der Waals surface area contributed by atoms with Crippen LogP contribution in [0.3, 0.4) is 0 Å². The minimum absolute atomic E-state index is 0.314. The average Bonchev–Trinajstić information content (AvgIpc) is 2.32. The molecule has 1 aromatic rings. The van der Waals surface area contributed by atoms with Gasteiger partial charge in [0.25, 0.3) is 5.91 Å². The van der Waals surface area contributed by atoms with Crippen LogP contribution in [0.2, 0.25) is 0 Å². The van der Waals surface area contributed by atoms with Crippen molar-refractivity contribution >= 4 is 21.8 Å². The van der Waals surface area contributed by atoms with Gasteiger partial charge in [0.15, 0.2) is 0 Å². The second-order valence-electron chi connectivity index (χ2n) is 3.20. The lowest BCUT2D eigenvalue weighted by Crippen LogP contribution is -2.15. The van der Waals surface area contributed by atoms with Gasteiger partial charge in [-0.3, -0.25) is 4.79 Å². The Morgan fingerprint density at radius 2 is 2.00 bits per heavy atom. The van der Waals surface area contributed by atoms with E-state index in [1.54, 1.807) is 6.08 Å². The lowest BCUT2D eigenvalue weighted by atomic mass is 10.2. The number of allylic oxidation sites excluding steroid dienone is 1. The van der Waals surface area contributed by atoms with Gasteiger partial charge in [-0.25, -0.2) is 5.32 Å². The molecule has 0 fully saturated rings. The van der Waals surface area contributed by atoms with E-state index in [9.17, 15) is 4.79 Å². The zero-order chi connectivity index (χ0) is 11.4. The minimum atomic E-state index is -0.314. The highest BCUT2D eigenvalue weighted by molar-refractivity contribution is 9.12. The van der Waals surface area contributed by atoms with Gasteiger partial charge in [0.2, 0.25) is 0 Å². The molecule has 1 aliphatic rings. The average molecular weight is 279 g/mol. The summed E-state index contributed by atoms with van der Waals surface area (Å²) in [6.07, 6.45) is 3.10. The molecule has 1 amide bonds. The highest BCUT2D eigenvalue weighted by atomic mass is 79.9. The second-order valence-corrected chi connectivity index (χ2v) is 4.00. The number of carbonyl (C=O) groups is 1. The molecule has 1 heterocycles. The van der Waals surface area contributed by atoms with E-state index in [0.29, 0.717) is 16.8 Å². The summed E-state index contributed by atoms with van der Waals surface area (Å²) >= 11 is 3.15. The highest BCUT2D eigenvalue weighted by Gasteiger charge is 2.16. The SMILES string of the molecule is O=C1[N]C=CC(OCc2ccccc2)=C1Br. The Morgan fingerprint density at radius 1 is 1.25 bits per heavy atom. The fourth-order valence-corrected chi connectivity index (χ4v) is 1.60. The molecule has 0 aliphatic carbocycles. The summed E-state index contributed by atoms with van der Waals surface area (Å²) in [4.78, 5) is 11.2. The Labute approximate surface area is 102 Å². The third kappa shape index (κ3) is 2.52. The molecular formula is C12H9BrNO2. The molecule has 1 aliphatic heterocycles. The van der Waals surface area contributed by atoms with Crippen LogP contribution in [0.15, 0.2) is 52.8 Å². The molecule has 0 atom stereocenters. The molecule has 2 rings (SSSR count). The summed E-state index contributed by atoms with van der Waals surface area (Å²) in [6.45, 7) is 0.433. The standard InChI is InChI=1S/C12H9BrNO2/c13-11-10(6-7-14-12(11)15)16-8-9-4-2-1-3-5-9/h1-7H,8H2. The van der Waals surface area contributed by atoms with Crippen molar-refractivity contribution in [2.75, 3.05) is 0 Å². The summed E-state index contributed by atoms with van der Waals surface area (Å²) in [5.74, 6) is 0.203. The zero-order valence-corrected chi connectivity index (χ0v) is 9.98. The van der Waals surface area contributed by atoms with Crippen molar-refractivity contribution in [3.05, 3.63) is 58.4 Å². The van der Waals surface area contributed by atoms with Crippen LogP contribution in [-0.4, -0.2) is 5.91 Å². The Morgan fingerprint density at radius 3 is 2.75 bits per heavy atom. The van der Waals surface area contributed by atoms with Gasteiger partial charge in [-0.15, -0.1) is 0 Å². The number of rotatable bonds is 3. The number of amides is 1. The fourth-order valence-electron chi connectivity index (χ4n) is 1.25. The molecule has 1 radical (unpaired) electrons. The third-order valence-corrected chi connectivity index (χ3v) is 2.79. The first kappa shape index (κ1) is 11.0. The van der Waals surface area contributed by atoms with Gasteiger partial charge in [0, 0.05) is 6.20 Å². The van der Waals surface area contributed by atoms with Gasteiger partial charge in [0.1, 0.15) is 16.8 Å². The number of carbonyl (C=O) groups excluding carboxylic acids is 1. The zero-order valence-electron chi connectivity index (χ0n) is 8.39. The Kier molecular flexibility index (Phi) is 3.41. The van der Waals surface area contributed by atoms with Crippen molar-refractivity contribution in [1.29, 1.82) is 0 Å². The van der Waals surface area contributed by atoms with Gasteiger partial charge in [-0.1, -0.05) is 30.3 Å². The number of benzene rings is 1. The van der Waals surface area contributed by atoms with Crippen molar-refractivity contribution in [3.63, 3.8) is 0 Å². The quantitative estimate of drug-likeness (QED) is 0.852. The van der Waals surface area contributed by atoms with Crippen LogP contribution in [0.1, 0.15) is 5.56 Å². The topological polar surface area (TPSA) is 40.4 Å². The van der Waals surface area contributed by atoms with Gasteiger partial charge >= 0.3 is 0 Å². The van der Waals surface area contributed by atoms with E-state index in [-0.39, 0.29) is 5.91 Å². The van der Waals surface area contributed by atoms with Gasteiger partial charge < -0.3 is 4.74 Å². The first-order valence-electron chi connectivity index (χ1n) is 4.75. The summed E-state index contributed by atoms with van der Waals surface area (Å²) in [7, 11) is 0. The van der Waals surface area contributed by atoms with Crippen LogP contribution in [0.25, 0.3) is 0 Å². The van der Waals surface area contributed by atoms with Crippen LogP contribution < -0.4 is 5.32 Å². The van der Waals surface area contributed by atoms with Crippen molar-refractivity contribution in [1.82, 2.24) is 5.32 Å². The van der Waals surface area contributed by atoms with E-state index < -0.39 is 0 Å². The van der Waals surface area contributed by atoms with Crippen LogP contribution in [-0.2, 0) is 16.1 Å². The number of hydrogen-bond donors (Lipinski definition) is 0. The number of ether oxygens (including phenoxy) is 1. The van der Waals surface area contributed by atoms with E-state index in [1.165, 1.54) is 6.20 Å². The first-order chi connectivity index (χ1) is 7.77. The molecule has 0 bridgehead atoms. The number of halogens is 1. The molecular weight excluding hydrogens is 270 g/mol. The van der Waals surface area contributed by atoms with E-state index >= 15 is 0 Å². The predicted octanol–water partition coefficient (Wildman–Crippen LogP) is 2.47. The number of hydrogen-bond acceptors (Lipinski definition) is 2. The molecule has 1 aromatic carbocycles. The monoisotopic (exact) mass is 278 g/mol. The van der Waals surface area contributed by atoms with Gasteiger partial charge in [-0.05, 0) is 27.6 Å². The van der Waals surface area contributed by atoms with Crippen molar-refractivity contribution in [2.45, 2.75) is 6.61 Å². The van der Waals surface area contributed by atoms with E-state index in [2.05, 4.69) is 21.2 Å². The molecule has 16 heavy (non-hydrogen) atoms. The molecule has 81 valence electrons. The highest BCUT2D eigenvalue weighted by Crippen LogP contribution is 2.19. The Hall–Kier alpha value is -1.55. The molecule has 0 saturated carbocycles. The molecule has 0 saturated heterocycles. The molecule has 4 heteroatoms. The summed E-state index contributed by atoms with van der Waals surface area (Å²) in [5, 5.41) is 3.61. The van der Waals surface area contributed by atoms with Crippen LogP contribution in [0.5, 0.6) is 0 Å². The van der Waals surface area contributed by atoms with Gasteiger partial charge in [-0.2, -0.15) is 0 Å². The predicted molar refractivity (Wildman–Crippen MR) is 63.5 cm³/mol. The Bertz CT molecular complexity index is 451. The summed E-state index contributed by atoms with van der Waals surface area (Å²) in [6, 6.07) is 9.76. The lowest BCUT2D eigenvalue weighted by molar-refractivity contribution is -0.116. The molecule has 0 unspecified atom stereocenters. The third-order valence-electron chi connectivity index (χ3n) is 2.06. The van der Waals surface area contributed by atoms with Gasteiger partial charge in [0.05, 0.1) is 0 Å². The molecule has 0 spiro atoms. The maximum Gasteiger partial charge on any atom is 0.287 e. The largest absolute Gasteiger partial charge is 0.487 e. The van der Waals surface area contributed by atoms with Crippen molar-refractivity contribution < 1.29 is 9.53 Å².